The van der Waals surface area contributed by atoms with Gasteiger partial charge in [-0.3, -0.25) is 4.79 Å². The number of carbonyl (C=O) groups is 1. The van der Waals surface area contributed by atoms with Gasteiger partial charge in [0.2, 0.25) is 0 Å². The maximum atomic E-state index is 12.1. The molecule has 21 heavy (non-hydrogen) atoms. The van der Waals surface area contributed by atoms with Crippen molar-refractivity contribution in [3.63, 3.8) is 0 Å². The van der Waals surface area contributed by atoms with Gasteiger partial charge in [-0.1, -0.05) is 41.4 Å². The minimum atomic E-state index is 0.326. The van der Waals surface area contributed by atoms with E-state index in [-0.39, 0.29) is 0 Å². The Balaban J connectivity index is 1.69. The van der Waals surface area contributed by atoms with Gasteiger partial charge in [0.15, 0.2) is 0 Å². The summed E-state index contributed by atoms with van der Waals surface area (Å²) in [5.74, 6) is 2.81. The molecule has 0 aromatic heterocycles. The normalized spacial score (nSPS) is 52.7. The minimum Gasteiger partial charge on any atom is -0.300 e. The van der Waals surface area contributed by atoms with E-state index in [1.807, 2.05) is 0 Å². The molecule has 3 saturated carbocycles. The van der Waals surface area contributed by atoms with Crippen molar-refractivity contribution in [3.8, 4) is 0 Å². The quantitative estimate of drug-likeness (QED) is 0.429. The average Bonchev–Trinajstić information content (AvgIpc) is 2.74. The van der Waals surface area contributed by atoms with Gasteiger partial charge in [-0.2, -0.15) is 0 Å². The van der Waals surface area contributed by atoms with E-state index in [0.29, 0.717) is 27.4 Å². The van der Waals surface area contributed by atoms with E-state index < -0.39 is 0 Å². The molecule has 0 aliphatic heterocycles. The van der Waals surface area contributed by atoms with Crippen LogP contribution in [-0.2, 0) is 4.79 Å². The molecule has 1 unspecified atom stereocenters. The third-order valence-electron chi connectivity index (χ3n) is 7.61. The van der Waals surface area contributed by atoms with Crippen molar-refractivity contribution >= 4 is 21.7 Å². The lowest BCUT2D eigenvalue weighted by atomic mass is 9.48. The number of hydrogen-bond acceptors (Lipinski definition) is 1. The number of alkyl halides is 1. The Hall–Kier alpha value is -0.110. The fraction of sp³-hybridized carbons (Fsp3) is 0.842. The fourth-order valence-corrected chi connectivity index (χ4v) is 6.97. The van der Waals surface area contributed by atoms with Crippen molar-refractivity contribution in [3.05, 3.63) is 11.6 Å². The molecule has 6 atom stereocenters. The van der Waals surface area contributed by atoms with Crippen LogP contribution in [0.4, 0.5) is 0 Å². The summed E-state index contributed by atoms with van der Waals surface area (Å²) in [7, 11) is 0. The van der Waals surface area contributed by atoms with Gasteiger partial charge < -0.3 is 0 Å². The van der Waals surface area contributed by atoms with Crippen LogP contribution in [0.2, 0.25) is 0 Å². The highest BCUT2D eigenvalue weighted by Gasteiger charge is 2.57. The summed E-state index contributed by atoms with van der Waals surface area (Å²) < 4.78 is 0. The minimum absolute atomic E-state index is 0.326. The van der Waals surface area contributed by atoms with Crippen molar-refractivity contribution in [2.45, 2.75) is 70.0 Å². The molecule has 2 heteroatoms. The van der Waals surface area contributed by atoms with Gasteiger partial charge in [-0.25, -0.2) is 0 Å². The molecule has 0 aromatic carbocycles. The highest BCUT2D eigenvalue weighted by molar-refractivity contribution is 9.09. The molecule has 1 nitrogen and oxygen atoms in total. The molecule has 0 saturated heterocycles. The summed E-state index contributed by atoms with van der Waals surface area (Å²) in [6, 6.07) is 0. The van der Waals surface area contributed by atoms with Gasteiger partial charge in [0.1, 0.15) is 5.78 Å². The van der Waals surface area contributed by atoms with E-state index in [9.17, 15) is 4.79 Å². The molecule has 4 aliphatic rings. The van der Waals surface area contributed by atoms with Crippen molar-refractivity contribution in [2.75, 3.05) is 0 Å². The third kappa shape index (κ3) is 2.04. The summed E-state index contributed by atoms with van der Waals surface area (Å²) in [4.78, 5) is 12.8. The monoisotopic (exact) mass is 350 g/mol. The maximum absolute atomic E-state index is 12.1. The SMILES string of the molecule is C[C@]12CC[C@H]3[C@@H](CC=C4CC(Br)CC[C@@]43C)[C@@H]1CC(=O)C2. The standard InChI is InChI=1S/C19H27BrO/c1-18-7-6-16-15(17(18)10-14(21)11-18)4-3-12-9-13(20)5-8-19(12,16)2/h3,13,15-17H,4-11H2,1-2H3/t13?,15-,16+,17+,18-,19+/m1/s1. The molecule has 3 fully saturated rings. The molecule has 4 rings (SSSR count). The second kappa shape index (κ2) is 4.69. The smallest absolute Gasteiger partial charge is 0.133 e. The van der Waals surface area contributed by atoms with Crippen LogP contribution < -0.4 is 0 Å². The zero-order valence-corrected chi connectivity index (χ0v) is 14.9. The first kappa shape index (κ1) is 14.5. The zero-order chi connectivity index (χ0) is 14.8. The third-order valence-corrected chi connectivity index (χ3v) is 8.39. The van der Waals surface area contributed by atoms with Crippen molar-refractivity contribution < 1.29 is 4.79 Å². The first-order chi connectivity index (χ1) is 9.92. The number of carbonyl (C=O) groups excluding carboxylic acids is 1. The highest BCUT2D eigenvalue weighted by Crippen LogP contribution is 2.64. The Bertz CT molecular complexity index is 510. The molecule has 0 amide bonds. The number of fused-ring (bicyclic) bond motifs is 5. The van der Waals surface area contributed by atoms with E-state index >= 15 is 0 Å². The van der Waals surface area contributed by atoms with Crippen LogP contribution in [0.1, 0.15) is 65.2 Å². The van der Waals surface area contributed by atoms with E-state index in [4.69, 9.17) is 0 Å². The largest absolute Gasteiger partial charge is 0.300 e. The Morgan fingerprint density at radius 2 is 1.95 bits per heavy atom. The lowest BCUT2D eigenvalue weighted by Gasteiger charge is -2.57. The number of ketones is 1. The number of hydrogen-bond donors (Lipinski definition) is 0. The molecule has 0 bridgehead atoms. The van der Waals surface area contributed by atoms with Crippen LogP contribution in [-0.4, -0.2) is 10.6 Å². The van der Waals surface area contributed by atoms with Crippen LogP contribution in [0.3, 0.4) is 0 Å². The summed E-state index contributed by atoms with van der Waals surface area (Å²) in [5.41, 5.74) is 2.48. The maximum Gasteiger partial charge on any atom is 0.133 e. The highest BCUT2D eigenvalue weighted by atomic mass is 79.9. The van der Waals surface area contributed by atoms with Crippen molar-refractivity contribution in [1.29, 1.82) is 0 Å². The van der Waals surface area contributed by atoms with E-state index in [0.717, 1.165) is 24.7 Å². The van der Waals surface area contributed by atoms with Gasteiger partial charge >= 0.3 is 0 Å². The van der Waals surface area contributed by atoms with Crippen LogP contribution in [0.15, 0.2) is 11.6 Å². The van der Waals surface area contributed by atoms with Crippen molar-refractivity contribution in [1.82, 2.24) is 0 Å². The fourth-order valence-electron chi connectivity index (χ4n) is 6.40. The Morgan fingerprint density at radius 1 is 1.14 bits per heavy atom. The summed E-state index contributed by atoms with van der Waals surface area (Å²) in [5, 5.41) is 0. The lowest BCUT2D eigenvalue weighted by Crippen LogP contribution is -2.48. The topological polar surface area (TPSA) is 17.1 Å². The second-order valence-corrected chi connectivity index (χ2v) is 10.0. The lowest BCUT2D eigenvalue weighted by molar-refractivity contribution is -0.118. The molecule has 0 spiro atoms. The van der Waals surface area contributed by atoms with Gasteiger partial charge in [-0.05, 0) is 67.1 Å². The van der Waals surface area contributed by atoms with E-state index in [1.165, 1.54) is 38.5 Å². The second-order valence-electron chi connectivity index (χ2n) is 8.71. The molecular weight excluding hydrogens is 324 g/mol. The van der Waals surface area contributed by atoms with Gasteiger partial charge in [0.05, 0.1) is 0 Å². The van der Waals surface area contributed by atoms with Crippen LogP contribution in [0.25, 0.3) is 0 Å². The molecule has 0 heterocycles. The molecule has 0 radical (unpaired) electrons. The van der Waals surface area contributed by atoms with Gasteiger partial charge in [0.25, 0.3) is 0 Å². The van der Waals surface area contributed by atoms with Crippen LogP contribution in [0, 0.1) is 28.6 Å². The van der Waals surface area contributed by atoms with Gasteiger partial charge in [-0.15, -0.1) is 0 Å². The molecule has 116 valence electrons. The van der Waals surface area contributed by atoms with Gasteiger partial charge in [0, 0.05) is 17.7 Å². The Kier molecular flexibility index (Phi) is 3.24. The number of Topliss-reactive ketones (excluding diaryl/α,β-unsaturated/α-hetero) is 1. The summed E-state index contributed by atoms with van der Waals surface area (Å²) >= 11 is 3.84. The summed E-state index contributed by atoms with van der Waals surface area (Å²) in [6.45, 7) is 4.93. The predicted molar refractivity (Wildman–Crippen MR) is 89.4 cm³/mol. The van der Waals surface area contributed by atoms with Crippen LogP contribution in [0.5, 0.6) is 0 Å². The van der Waals surface area contributed by atoms with E-state index in [1.54, 1.807) is 5.57 Å². The number of rotatable bonds is 0. The Labute approximate surface area is 137 Å². The van der Waals surface area contributed by atoms with Crippen molar-refractivity contribution in [2.24, 2.45) is 28.6 Å². The van der Waals surface area contributed by atoms with Crippen LogP contribution >= 0.6 is 15.9 Å². The zero-order valence-electron chi connectivity index (χ0n) is 13.3. The summed E-state index contributed by atoms with van der Waals surface area (Å²) in [6.07, 6.45) is 12.1. The Morgan fingerprint density at radius 3 is 2.76 bits per heavy atom. The average molecular weight is 351 g/mol. The molecular formula is C19H27BrO. The number of allylic oxidation sites excluding steroid dienone is 2. The molecule has 0 aromatic rings. The molecule has 4 aliphatic carbocycles. The van der Waals surface area contributed by atoms with E-state index in [2.05, 4.69) is 35.9 Å². The number of halogens is 1. The predicted octanol–water partition coefficient (Wildman–Crippen LogP) is 5.28. The first-order valence-electron chi connectivity index (χ1n) is 8.78. The molecule has 0 N–H and O–H groups in total. The first-order valence-corrected chi connectivity index (χ1v) is 9.69.